The molecule has 1 N–H and O–H groups in total. The number of rotatable bonds is 4. The Morgan fingerprint density at radius 2 is 2.09 bits per heavy atom. The van der Waals surface area contributed by atoms with Gasteiger partial charge in [-0.3, -0.25) is 0 Å². The molecule has 1 aliphatic rings. The van der Waals surface area contributed by atoms with Crippen molar-refractivity contribution >= 4 is 0 Å². The van der Waals surface area contributed by atoms with E-state index in [4.69, 9.17) is 0 Å². The highest BCUT2D eigenvalue weighted by molar-refractivity contribution is 4.79. The minimum atomic E-state index is 0.779. The maximum Gasteiger partial charge on any atom is 0.00701 e. The van der Waals surface area contributed by atoms with Crippen LogP contribution >= 0.6 is 0 Å². The molecule has 1 fully saturated rings. The molecule has 0 aromatic heterocycles. The van der Waals surface area contributed by atoms with Crippen molar-refractivity contribution in [3.63, 3.8) is 0 Å². The van der Waals surface area contributed by atoms with E-state index in [1.54, 1.807) is 0 Å². The van der Waals surface area contributed by atoms with Gasteiger partial charge in [-0.15, -0.1) is 0 Å². The predicted molar refractivity (Wildman–Crippen MR) is 49.8 cm³/mol. The highest BCUT2D eigenvalue weighted by atomic mass is 15.0. The van der Waals surface area contributed by atoms with Crippen molar-refractivity contribution in [3.05, 3.63) is 0 Å². The highest BCUT2D eigenvalue weighted by Crippen LogP contribution is 2.16. The zero-order valence-electron chi connectivity index (χ0n) is 7.90. The van der Waals surface area contributed by atoms with E-state index in [1.807, 2.05) is 0 Å². The summed E-state index contributed by atoms with van der Waals surface area (Å²) < 4.78 is 0. The lowest BCUT2D eigenvalue weighted by Gasteiger charge is -2.10. The second-order valence-corrected chi connectivity index (χ2v) is 3.84. The first-order valence-corrected chi connectivity index (χ1v) is 5.09. The predicted octanol–water partition coefficient (Wildman–Crippen LogP) is 2.71. The molecule has 1 saturated heterocycles. The fourth-order valence-corrected chi connectivity index (χ4v) is 1.89. The molecule has 0 saturated carbocycles. The van der Waals surface area contributed by atoms with E-state index >= 15 is 0 Å². The second kappa shape index (κ2) is 4.76. The Bertz CT molecular complexity index is 101. The van der Waals surface area contributed by atoms with Gasteiger partial charge in [-0.05, 0) is 26.2 Å². The van der Waals surface area contributed by atoms with E-state index in [0.717, 1.165) is 12.1 Å². The molecule has 1 rings (SSSR count). The monoisotopic (exact) mass is 155 g/mol. The first-order valence-electron chi connectivity index (χ1n) is 5.09. The van der Waals surface area contributed by atoms with E-state index in [-0.39, 0.29) is 0 Å². The molecule has 0 aromatic rings. The second-order valence-electron chi connectivity index (χ2n) is 3.84. The molecule has 0 bridgehead atoms. The largest absolute Gasteiger partial charge is 0.312 e. The van der Waals surface area contributed by atoms with E-state index < -0.39 is 0 Å². The van der Waals surface area contributed by atoms with Crippen molar-refractivity contribution in [1.29, 1.82) is 0 Å². The molecule has 0 aliphatic carbocycles. The molecule has 11 heavy (non-hydrogen) atoms. The lowest BCUT2D eigenvalue weighted by molar-refractivity contribution is 0.498. The van der Waals surface area contributed by atoms with Gasteiger partial charge in [0, 0.05) is 12.1 Å². The van der Waals surface area contributed by atoms with Gasteiger partial charge in [0.2, 0.25) is 0 Å². The van der Waals surface area contributed by atoms with Gasteiger partial charge in [-0.2, -0.15) is 0 Å². The Labute approximate surface area is 70.6 Å². The molecule has 0 aromatic carbocycles. The number of hydrogen-bond donors (Lipinski definition) is 1. The number of hydrogen-bond acceptors (Lipinski definition) is 1. The molecular formula is C10H21N. The van der Waals surface area contributed by atoms with Gasteiger partial charge < -0.3 is 5.32 Å². The van der Waals surface area contributed by atoms with Crippen LogP contribution in [0.5, 0.6) is 0 Å². The molecule has 1 nitrogen and oxygen atoms in total. The number of nitrogens with one attached hydrogen (secondary N) is 1. The van der Waals surface area contributed by atoms with Crippen LogP contribution in [0.25, 0.3) is 0 Å². The van der Waals surface area contributed by atoms with Crippen molar-refractivity contribution in [2.75, 3.05) is 0 Å². The molecule has 2 unspecified atom stereocenters. The minimum absolute atomic E-state index is 0.779. The van der Waals surface area contributed by atoms with Gasteiger partial charge in [-0.25, -0.2) is 0 Å². The van der Waals surface area contributed by atoms with E-state index in [9.17, 15) is 0 Å². The van der Waals surface area contributed by atoms with Crippen LogP contribution in [0.3, 0.4) is 0 Å². The molecule has 0 amide bonds. The number of unbranched alkanes of at least 4 members (excludes halogenated alkanes) is 2. The molecule has 1 heterocycles. The standard InChI is InChI=1S/C10H21N/c1-3-4-5-6-10-8-7-9(2)11-10/h9-11H,3-8H2,1-2H3. The molecule has 66 valence electrons. The van der Waals surface area contributed by atoms with Gasteiger partial charge in [0.15, 0.2) is 0 Å². The van der Waals surface area contributed by atoms with E-state index in [2.05, 4.69) is 19.2 Å². The molecule has 1 heteroatoms. The smallest absolute Gasteiger partial charge is 0.00701 e. The average Bonchev–Trinajstić information content (AvgIpc) is 2.37. The Kier molecular flexibility index (Phi) is 3.92. The fourth-order valence-electron chi connectivity index (χ4n) is 1.89. The molecule has 0 radical (unpaired) electrons. The molecule has 2 atom stereocenters. The van der Waals surface area contributed by atoms with Gasteiger partial charge in [0.05, 0.1) is 0 Å². The van der Waals surface area contributed by atoms with Crippen LogP contribution in [0.1, 0.15) is 52.4 Å². The van der Waals surface area contributed by atoms with Crippen LogP contribution < -0.4 is 5.32 Å². The van der Waals surface area contributed by atoms with Gasteiger partial charge in [-0.1, -0.05) is 26.2 Å². The van der Waals surface area contributed by atoms with Crippen molar-refractivity contribution < 1.29 is 0 Å². The first kappa shape index (κ1) is 9.05. The minimum Gasteiger partial charge on any atom is -0.312 e. The average molecular weight is 155 g/mol. The summed E-state index contributed by atoms with van der Waals surface area (Å²) in [6.07, 6.45) is 8.37. The summed E-state index contributed by atoms with van der Waals surface area (Å²) in [4.78, 5) is 0. The van der Waals surface area contributed by atoms with Crippen molar-refractivity contribution in [1.82, 2.24) is 5.32 Å². The summed E-state index contributed by atoms with van der Waals surface area (Å²) in [6.45, 7) is 4.56. The third kappa shape index (κ3) is 3.24. The van der Waals surface area contributed by atoms with Crippen molar-refractivity contribution in [2.45, 2.75) is 64.5 Å². The summed E-state index contributed by atoms with van der Waals surface area (Å²) in [5.74, 6) is 0. The lowest BCUT2D eigenvalue weighted by atomic mass is 10.1. The summed E-state index contributed by atoms with van der Waals surface area (Å²) in [6, 6.07) is 1.62. The van der Waals surface area contributed by atoms with Crippen molar-refractivity contribution in [2.24, 2.45) is 0 Å². The third-order valence-electron chi connectivity index (χ3n) is 2.62. The van der Waals surface area contributed by atoms with Gasteiger partial charge >= 0.3 is 0 Å². The Hall–Kier alpha value is -0.0400. The molecule has 0 spiro atoms. The van der Waals surface area contributed by atoms with Gasteiger partial charge in [0.1, 0.15) is 0 Å². The quantitative estimate of drug-likeness (QED) is 0.615. The maximum atomic E-state index is 3.61. The topological polar surface area (TPSA) is 12.0 Å². The molecule has 1 aliphatic heterocycles. The Balaban J connectivity index is 1.99. The van der Waals surface area contributed by atoms with Crippen LogP contribution in [0.15, 0.2) is 0 Å². The molecular weight excluding hydrogens is 134 g/mol. The summed E-state index contributed by atoms with van der Waals surface area (Å²) in [7, 11) is 0. The van der Waals surface area contributed by atoms with E-state index in [0.29, 0.717) is 0 Å². The summed E-state index contributed by atoms with van der Waals surface area (Å²) in [5, 5.41) is 3.61. The maximum absolute atomic E-state index is 3.61. The van der Waals surface area contributed by atoms with Crippen LogP contribution in [-0.4, -0.2) is 12.1 Å². The summed E-state index contributed by atoms with van der Waals surface area (Å²) >= 11 is 0. The van der Waals surface area contributed by atoms with Crippen LogP contribution in [-0.2, 0) is 0 Å². The zero-order valence-corrected chi connectivity index (χ0v) is 7.90. The first-order chi connectivity index (χ1) is 5.33. The van der Waals surface area contributed by atoms with Crippen LogP contribution in [0.2, 0.25) is 0 Å². The van der Waals surface area contributed by atoms with Crippen molar-refractivity contribution in [3.8, 4) is 0 Å². The third-order valence-corrected chi connectivity index (χ3v) is 2.62. The van der Waals surface area contributed by atoms with Gasteiger partial charge in [0.25, 0.3) is 0 Å². The highest BCUT2D eigenvalue weighted by Gasteiger charge is 2.18. The summed E-state index contributed by atoms with van der Waals surface area (Å²) in [5.41, 5.74) is 0. The van der Waals surface area contributed by atoms with E-state index in [1.165, 1.54) is 38.5 Å². The SMILES string of the molecule is CCCCCC1CCC(C)N1. The lowest BCUT2D eigenvalue weighted by Crippen LogP contribution is -2.26. The fraction of sp³-hybridized carbons (Fsp3) is 1.00. The Morgan fingerprint density at radius 1 is 1.27 bits per heavy atom. The Morgan fingerprint density at radius 3 is 2.64 bits per heavy atom. The normalized spacial score (nSPS) is 31.1. The van der Waals surface area contributed by atoms with Crippen LogP contribution in [0.4, 0.5) is 0 Å². The van der Waals surface area contributed by atoms with Crippen LogP contribution in [0, 0.1) is 0 Å². The zero-order chi connectivity index (χ0) is 8.10.